The second-order valence-electron chi connectivity index (χ2n) is 5.20. The van der Waals surface area contributed by atoms with Crippen LogP contribution in [0.1, 0.15) is 31.1 Å². The summed E-state index contributed by atoms with van der Waals surface area (Å²) in [6.07, 6.45) is 0. The standard InChI is InChI=1S/C16H22N4O3S3/c1-4-20(5-2)26(22,23)13-9-7-12(8-10-13)14(21)11-17-15-18-19-16(25-15)24-6-3/h7-10H,4-6,11H2,1-3H3,(H,17,18). The first-order chi connectivity index (χ1) is 12.4. The van der Waals surface area contributed by atoms with E-state index in [4.69, 9.17) is 0 Å². The third-order valence-electron chi connectivity index (χ3n) is 3.59. The zero-order valence-electron chi connectivity index (χ0n) is 14.9. The van der Waals surface area contributed by atoms with Gasteiger partial charge in [0.25, 0.3) is 0 Å². The predicted molar refractivity (Wildman–Crippen MR) is 106 cm³/mol. The summed E-state index contributed by atoms with van der Waals surface area (Å²) in [7, 11) is -3.51. The Bertz CT molecular complexity index is 831. The fourth-order valence-corrected chi connectivity index (χ4v) is 5.35. The Balaban J connectivity index is 2.02. The normalized spacial score (nSPS) is 11.7. The molecule has 0 bridgehead atoms. The number of Topliss-reactive ketones (excluding diaryl/α,β-unsaturated/α-hetero) is 1. The number of aromatic nitrogens is 2. The maximum absolute atomic E-state index is 12.5. The zero-order chi connectivity index (χ0) is 19.2. The van der Waals surface area contributed by atoms with Crippen molar-refractivity contribution in [1.29, 1.82) is 0 Å². The number of nitrogens with zero attached hydrogens (tertiary/aromatic N) is 3. The summed E-state index contributed by atoms with van der Waals surface area (Å²) in [5.74, 6) is 0.771. The van der Waals surface area contributed by atoms with E-state index < -0.39 is 10.0 Å². The minimum atomic E-state index is -3.51. The molecule has 0 fully saturated rings. The molecule has 2 aromatic rings. The summed E-state index contributed by atoms with van der Waals surface area (Å²) < 4.78 is 27.1. The third kappa shape index (κ3) is 5.03. The highest BCUT2D eigenvalue weighted by Gasteiger charge is 2.21. The summed E-state index contributed by atoms with van der Waals surface area (Å²) in [6, 6.07) is 6.03. The fourth-order valence-electron chi connectivity index (χ4n) is 2.25. The highest BCUT2D eigenvalue weighted by Crippen LogP contribution is 2.25. The SMILES string of the molecule is CCSc1nnc(NCC(=O)c2ccc(S(=O)(=O)N(CC)CC)cc2)s1. The molecule has 0 saturated heterocycles. The number of nitrogens with one attached hydrogen (secondary N) is 1. The number of carbonyl (C=O) groups excluding carboxylic acids is 1. The number of rotatable bonds is 10. The molecular weight excluding hydrogens is 392 g/mol. The number of carbonyl (C=O) groups is 1. The average molecular weight is 415 g/mol. The summed E-state index contributed by atoms with van der Waals surface area (Å²) >= 11 is 3.00. The number of hydrogen-bond acceptors (Lipinski definition) is 8. The van der Waals surface area contributed by atoms with E-state index >= 15 is 0 Å². The first-order valence-electron chi connectivity index (χ1n) is 8.25. The van der Waals surface area contributed by atoms with E-state index in [-0.39, 0.29) is 17.2 Å². The van der Waals surface area contributed by atoms with E-state index in [2.05, 4.69) is 15.5 Å². The van der Waals surface area contributed by atoms with Gasteiger partial charge in [0.1, 0.15) is 0 Å². The van der Waals surface area contributed by atoms with Crippen LogP contribution in [-0.4, -0.2) is 54.1 Å². The topological polar surface area (TPSA) is 92.3 Å². The number of hydrogen-bond donors (Lipinski definition) is 1. The van der Waals surface area contributed by atoms with E-state index in [1.54, 1.807) is 37.7 Å². The molecule has 0 radical (unpaired) electrons. The van der Waals surface area contributed by atoms with Gasteiger partial charge in [-0.05, 0) is 30.0 Å². The Labute approximate surface area is 162 Å². The molecule has 0 aliphatic heterocycles. The largest absolute Gasteiger partial charge is 0.353 e. The van der Waals surface area contributed by atoms with Gasteiger partial charge in [-0.3, -0.25) is 4.79 Å². The number of sulfonamides is 1. The quantitative estimate of drug-likeness (QED) is 0.472. The lowest BCUT2D eigenvalue weighted by Gasteiger charge is -2.18. The number of benzene rings is 1. The van der Waals surface area contributed by atoms with Crippen LogP contribution in [0.25, 0.3) is 0 Å². The van der Waals surface area contributed by atoms with Gasteiger partial charge in [-0.15, -0.1) is 10.2 Å². The number of anilines is 1. The third-order valence-corrected chi connectivity index (χ3v) is 7.55. The average Bonchev–Trinajstić information content (AvgIpc) is 3.08. The maximum Gasteiger partial charge on any atom is 0.243 e. The monoisotopic (exact) mass is 414 g/mol. The molecule has 1 aromatic heterocycles. The Morgan fingerprint density at radius 2 is 1.81 bits per heavy atom. The van der Waals surface area contributed by atoms with Crippen molar-refractivity contribution < 1.29 is 13.2 Å². The van der Waals surface area contributed by atoms with Gasteiger partial charge >= 0.3 is 0 Å². The number of thioether (sulfide) groups is 1. The molecule has 0 amide bonds. The van der Waals surface area contributed by atoms with Crippen molar-refractivity contribution in [3.63, 3.8) is 0 Å². The molecule has 10 heteroatoms. The van der Waals surface area contributed by atoms with Crippen LogP contribution >= 0.6 is 23.1 Å². The van der Waals surface area contributed by atoms with Crippen LogP contribution in [-0.2, 0) is 10.0 Å². The van der Waals surface area contributed by atoms with Crippen LogP contribution in [0.4, 0.5) is 5.13 Å². The molecule has 0 unspecified atom stereocenters. The van der Waals surface area contributed by atoms with Crippen LogP contribution in [0.2, 0.25) is 0 Å². The van der Waals surface area contributed by atoms with E-state index in [0.717, 1.165) is 10.1 Å². The number of ketones is 1. The first-order valence-corrected chi connectivity index (χ1v) is 11.5. The molecule has 1 N–H and O–H groups in total. The van der Waals surface area contributed by atoms with E-state index in [1.807, 2.05) is 6.92 Å². The Morgan fingerprint density at radius 3 is 2.38 bits per heavy atom. The molecule has 1 aromatic carbocycles. The summed E-state index contributed by atoms with van der Waals surface area (Å²) in [4.78, 5) is 12.5. The summed E-state index contributed by atoms with van der Waals surface area (Å²) in [5.41, 5.74) is 0.448. The Hall–Kier alpha value is -1.49. The molecule has 0 spiro atoms. The van der Waals surface area contributed by atoms with Gasteiger partial charge in [0.05, 0.1) is 11.4 Å². The van der Waals surface area contributed by atoms with Crippen molar-refractivity contribution in [2.75, 3.05) is 30.7 Å². The lowest BCUT2D eigenvalue weighted by atomic mass is 10.1. The Morgan fingerprint density at radius 1 is 1.15 bits per heavy atom. The van der Waals surface area contributed by atoms with Crippen molar-refractivity contribution in [2.24, 2.45) is 0 Å². The summed E-state index contributed by atoms with van der Waals surface area (Å²) in [5, 5.41) is 11.5. The fraction of sp³-hybridized carbons (Fsp3) is 0.438. The molecule has 0 saturated carbocycles. The second kappa shape index (κ2) is 9.45. The van der Waals surface area contributed by atoms with Crippen LogP contribution in [0.5, 0.6) is 0 Å². The van der Waals surface area contributed by atoms with Crippen LogP contribution in [0.3, 0.4) is 0 Å². The van der Waals surface area contributed by atoms with E-state index in [0.29, 0.717) is 23.8 Å². The molecule has 1 heterocycles. The molecule has 7 nitrogen and oxygen atoms in total. The smallest absolute Gasteiger partial charge is 0.243 e. The van der Waals surface area contributed by atoms with E-state index in [9.17, 15) is 13.2 Å². The van der Waals surface area contributed by atoms with Crippen molar-refractivity contribution >= 4 is 44.0 Å². The Kier molecular flexibility index (Phi) is 7.56. The maximum atomic E-state index is 12.5. The molecule has 0 aliphatic carbocycles. The zero-order valence-corrected chi connectivity index (χ0v) is 17.4. The van der Waals surface area contributed by atoms with E-state index in [1.165, 1.54) is 27.8 Å². The van der Waals surface area contributed by atoms with Gasteiger partial charge in [-0.25, -0.2) is 8.42 Å². The minimum absolute atomic E-state index is 0.0770. The van der Waals surface area contributed by atoms with Crippen molar-refractivity contribution in [3.05, 3.63) is 29.8 Å². The van der Waals surface area contributed by atoms with Crippen LogP contribution in [0.15, 0.2) is 33.5 Å². The lowest BCUT2D eigenvalue weighted by molar-refractivity contribution is 0.101. The van der Waals surface area contributed by atoms with Gasteiger partial charge < -0.3 is 5.32 Å². The molecular formula is C16H22N4O3S3. The predicted octanol–water partition coefficient (Wildman–Crippen LogP) is 2.98. The van der Waals surface area contributed by atoms with Crippen LogP contribution < -0.4 is 5.32 Å². The summed E-state index contributed by atoms with van der Waals surface area (Å²) in [6.45, 7) is 6.51. The van der Waals surface area contributed by atoms with Crippen LogP contribution in [0, 0.1) is 0 Å². The highest BCUT2D eigenvalue weighted by atomic mass is 32.2. The van der Waals surface area contributed by atoms with Crippen molar-refractivity contribution in [3.8, 4) is 0 Å². The lowest BCUT2D eigenvalue weighted by Crippen LogP contribution is -2.30. The van der Waals surface area contributed by atoms with Gasteiger partial charge in [0.15, 0.2) is 10.1 Å². The molecule has 142 valence electrons. The van der Waals surface area contributed by atoms with Crippen molar-refractivity contribution in [1.82, 2.24) is 14.5 Å². The van der Waals surface area contributed by atoms with Gasteiger partial charge in [0.2, 0.25) is 15.2 Å². The second-order valence-corrected chi connectivity index (χ2v) is 9.62. The molecule has 0 atom stereocenters. The van der Waals surface area contributed by atoms with Crippen molar-refractivity contribution in [2.45, 2.75) is 30.0 Å². The first kappa shape index (κ1) is 20.8. The highest BCUT2D eigenvalue weighted by molar-refractivity contribution is 8.01. The minimum Gasteiger partial charge on any atom is -0.353 e. The van der Waals surface area contributed by atoms with Gasteiger partial charge in [0, 0.05) is 18.7 Å². The molecule has 26 heavy (non-hydrogen) atoms. The molecule has 0 aliphatic rings. The van der Waals surface area contributed by atoms with Gasteiger partial charge in [-0.2, -0.15) is 4.31 Å². The van der Waals surface area contributed by atoms with Gasteiger partial charge in [-0.1, -0.05) is 43.9 Å². The molecule has 2 rings (SSSR count).